The molecule has 1 N–H and O–H groups in total. The van der Waals surface area contributed by atoms with E-state index in [4.69, 9.17) is 0 Å². The third kappa shape index (κ3) is 2.58. The van der Waals surface area contributed by atoms with Gasteiger partial charge in [-0.3, -0.25) is 4.79 Å². The normalized spacial score (nSPS) is 24.7. The zero-order valence-corrected chi connectivity index (χ0v) is 13.5. The maximum Gasteiger partial charge on any atom is 0.311 e. The Morgan fingerprint density at radius 2 is 2.26 bits per heavy atom. The van der Waals surface area contributed by atoms with Gasteiger partial charge in [0.2, 0.25) is 0 Å². The molecule has 1 aromatic heterocycles. The van der Waals surface area contributed by atoms with Crippen molar-refractivity contribution in [1.82, 2.24) is 4.31 Å². The van der Waals surface area contributed by atoms with Crippen LogP contribution in [-0.2, 0) is 14.8 Å². The van der Waals surface area contributed by atoms with Crippen molar-refractivity contribution in [1.29, 1.82) is 0 Å². The molecular formula is C11H14BrNO4S2. The Hall–Kier alpha value is -0.440. The summed E-state index contributed by atoms with van der Waals surface area (Å²) in [7, 11) is -3.57. The van der Waals surface area contributed by atoms with Crippen molar-refractivity contribution in [3.05, 3.63) is 15.9 Å². The summed E-state index contributed by atoms with van der Waals surface area (Å²) in [5.74, 6) is -0.917. The molecule has 1 saturated heterocycles. The highest BCUT2D eigenvalue weighted by Crippen LogP contribution is 2.38. The van der Waals surface area contributed by atoms with Crippen molar-refractivity contribution < 1.29 is 18.3 Å². The molecule has 1 aliphatic rings. The largest absolute Gasteiger partial charge is 0.481 e. The number of sulfonamides is 1. The van der Waals surface area contributed by atoms with Gasteiger partial charge in [-0.1, -0.05) is 6.92 Å². The first kappa shape index (κ1) is 15.0. The molecule has 0 aliphatic carbocycles. The highest BCUT2D eigenvalue weighted by molar-refractivity contribution is 9.11. The molecule has 1 fully saturated rings. The minimum atomic E-state index is -3.57. The lowest BCUT2D eigenvalue weighted by Crippen LogP contribution is -2.36. The number of nitrogens with zero attached hydrogens (tertiary/aromatic N) is 1. The molecule has 0 amide bonds. The van der Waals surface area contributed by atoms with Crippen molar-refractivity contribution in [2.75, 3.05) is 13.1 Å². The Morgan fingerprint density at radius 1 is 1.58 bits per heavy atom. The third-order valence-corrected chi connectivity index (χ3v) is 7.53. The number of rotatable bonds is 4. The summed E-state index contributed by atoms with van der Waals surface area (Å²) in [6.45, 7) is 2.10. The van der Waals surface area contributed by atoms with Crippen LogP contribution in [0, 0.1) is 5.41 Å². The summed E-state index contributed by atoms with van der Waals surface area (Å²) in [6, 6.07) is 3.22. The van der Waals surface area contributed by atoms with Gasteiger partial charge in [-0.05, 0) is 40.9 Å². The van der Waals surface area contributed by atoms with E-state index in [2.05, 4.69) is 15.9 Å². The van der Waals surface area contributed by atoms with Gasteiger partial charge in [0.15, 0.2) is 0 Å². The Kier molecular flexibility index (Phi) is 4.06. The van der Waals surface area contributed by atoms with Crippen LogP contribution in [0.15, 0.2) is 20.1 Å². The number of hydrogen-bond donors (Lipinski definition) is 1. The van der Waals surface area contributed by atoms with E-state index in [-0.39, 0.29) is 17.3 Å². The van der Waals surface area contributed by atoms with Crippen molar-refractivity contribution in [2.24, 2.45) is 5.41 Å². The summed E-state index contributed by atoms with van der Waals surface area (Å²) in [5.41, 5.74) is -0.943. The number of aliphatic carboxylic acids is 1. The van der Waals surface area contributed by atoms with Gasteiger partial charge in [-0.2, -0.15) is 4.31 Å². The smallest absolute Gasteiger partial charge is 0.311 e. The van der Waals surface area contributed by atoms with E-state index in [1.807, 2.05) is 0 Å². The second-order valence-corrected chi connectivity index (χ2v) is 9.21. The van der Waals surface area contributed by atoms with E-state index < -0.39 is 21.4 Å². The fraction of sp³-hybridized carbons (Fsp3) is 0.545. The van der Waals surface area contributed by atoms with Crippen LogP contribution in [0.2, 0.25) is 0 Å². The van der Waals surface area contributed by atoms with Crippen LogP contribution < -0.4 is 0 Å². The van der Waals surface area contributed by atoms with Gasteiger partial charge in [0.1, 0.15) is 4.21 Å². The molecular weight excluding hydrogens is 354 g/mol. The van der Waals surface area contributed by atoms with E-state index in [1.54, 1.807) is 13.0 Å². The van der Waals surface area contributed by atoms with Gasteiger partial charge in [0.25, 0.3) is 10.0 Å². The molecule has 0 aromatic carbocycles. The SMILES string of the molecule is CCC1(C(=O)O)CCN(S(=O)(=O)c2ccc(Br)s2)C1. The molecule has 2 heterocycles. The average molecular weight is 368 g/mol. The standard InChI is InChI=1S/C11H14BrNO4S2/c1-2-11(10(14)15)5-6-13(7-11)19(16,17)9-4-3-8(12)18-9/h3-4H,2,5-7H2,1H3,(H,14,15). The van der Waals surface area contributed by atoms with Crippen LogP contribution >= 0.6 is 27.3 Å². The lowest BCUT2D eigenvalue weighted by atomic mass is 9.85. The Morgan fingerprint density at radius 3 is 2.68 bits per heavy atom. The predicted molar refractivity (Wildman–Crippen MR) is 75.8 cm³/mol. The molecule has 2 rings (SSSR count). The number of halogens is 1. The van der Waals surface area contributed by atoms with Crippen LogP contribution in [0.3, 0.4) is 0 Å². The third-order valence-electron chi connectivity index (χ3n) is 3.59. The topological polar surface area (TPSA) is 74.7 Å². The maximum atomic E-state index is 12.4. The maximum absolute atomic E-state index is 12.4. The molecule has 106 valence electrons. The fourth-order valence-corrected chi connectivity index (χ4v) is 5.91. The summed E-state index contributed by atoms with van der Waals surface area (Å²) in [4.78, 5) is 11.3. The van der Waals surface area contributed by atoms with E-state index >= 15 is 0 Å². The lowest BCUT2D eigenvalue weighted by Gasteiger charge is -2.22. The highest BCUT2D eigenvalue weighted by Gasteiger charge is 2.47. The lowest BCUT2D eigenvalue weighted by molar-refractivity contribution is -0.148. The van der Waals surface area contributed by atoms with E-state index in [0.29, 0.717) is 12.8 Å². The summed E-state index contributed by atoms with van der Waals surface area (Å²) in [6.07, 6.45) is 0.799. The minimum Gasteiger partial charge on any atom is -0.481 e. The predicted octanol–water partition coefficient (Wildman–Crippen LogP) is 2.39. The zero-order valence-electron chi connectivity index (χ0n) is 10.3. The van der Waals surface area contributed by atoms with Gasteiger partial charge >= 0.3 is 5.97 Å². The molecule has 8 heteroatoms. The van der Waals surface area contributed by atoms with Crippen molar-refractivity contribution in [2.45, 2.75) is 24.0 Å². The molecule has 1 unspecified atom stereocenters. The molecule has 0 bridgehead atoms. The molecule has 5 nitrogen and oxygen atoms in total. The molecule has 0 saturated carbocycles. The first-order valence-electron chi connectivity index (χ1n) is 5.81. The van der Waals surface area contributed by atoms with E-state index in [9.17, 15) is 18.3 Å². The van der Waals surface area contributed by atoms with Crippen molar-refractivity contribution >= 4 is 43.3 Å². The molecule has 1 aliphatic heterocycles. The number of thiophene rings is 1. The molecule has 1 aromatic rings. The van der Waals surface area contributed by atoms with Gasteiger partial charge in [0, 0.05) is 13.1 Å². The van der Waals surface area contributed by atoms with Gasteiger partial charge < -0.3 is 5.11 Å². The van der Waals surface area contributed by atoms with Gasteiger partial charge in [-0.15, -0.1) is 11.3 Å². The van der Waals surface area contributed by atoms with Crippen LogP contribution in [-0.4, -0.2) is 36.9 Å². The Balaban J connectivity index is 2.28. The first-order valence-corrected chi connectivity index (χ1v) is 8.86. The summed E-state index contributed by atoms with van der Waals surface area (Å²) < 4.78 is 27.1. The Labute approximate surface area is 124 Å². The number of carboxylic acid groups (broad SMARTS) is 1. The Bertz CT molecular complexity index is 598. The molecule has 0 radical (unpaired) electrons. The fourth-order valence-electron chi connectivity index (χ4n) is 2.22. The van der Waals surface area contributed by atoms with Gasteiger partial charge in [-0.25, -0.2) is 8.42 Å². The number of carboxylic acids is 1. The first-order chi connectivity index (χ1) is 8.82. The molecule has 0 spiro atoms. The van der Waals surface area contributed by atoms with Crippen LogP contribution in [0.1, 0.15) is 19.8 Å². The van der Waals surface area contributed by atoms with Crippen molar-refractivity contribution in [3.63, 3.8) is 0 Å². The van der Waals surface area contributed by atoms with E-state index in [0.717, 1.165) is 15.1 Å². The quantitative estimate of drug-likeness (QED) is 0.886. The van der Waals surface area contributed by atoms with Crippen molar-refractivity contribution in [3.8, 4) is 0 Å². The molecule has 1 atom stereocenters. The average Bonchev–Trinajstić information content (AvgIpc) is 2.96. The van der Waals surface area contributed by atoms with E-state index in [1.165, 1.54) is 10.4 Å². The summed E-state index contributed by atoms with van der Waals surface area (Å²) >= 11 is 4.37. The minimum absolute atomic E-state index is 0.0523. The number of carbonyl (C=O) groups is 1. The van der Waals surface area contributed by atoms with Crippen LogP contribution in [0.5, 0.6) is 0 Å². The monoisotopic (exact) mass is 367 g/mol. The van der Waals surface area contributed by atoms with Gasteiger partial charge in [0.05, 0.1) is 9.20 Å². The van der Waals surface area contributed by atoms with Crippen LogP contribution in [0.25, 0.3) is 0 Å². The van der Waals surface area contributed by atoms with Crippen LogP contribution in [0.4, 0.5) is 0 Å². The zero-order chi connectivity index (χ0) is 14.3. The second kappa shape index (κ2) is 5.16. The highest BCUT2D eigenvalue weighted by atomic mass is 79.9. The second-order valence-electron chi connectivity index (χ2n) is 4.59. The molecule has 19 heavy (non-hydrogen) atoms. The summed E-state index contributed by atoms with van der Waals surface area (Å²) in [5, 5.41) is 9.30. The number of hydrogen-bond acceptors (Lipinski definition) is 4.